The molecule has 1 amide bonds. The minimum atomic E-state index is -0.271. The number of aromatic nitrogens is 2. The van der Waals surface area contributed by atoms with Crippen molar-refractivity contribution >= 4 is 17.4 Å². The predicted molar refractivity (Wildman–Crippen MR) is 115 cm³/mol. The second-order valence-electron chi connectivity index (χ2n) is 6.72. The van der Waals surface area contributed by atoms with Gasteiger partial charge in [-0.05, 0) is 43.2 Å². The second-order valence-corrected chi connectivity index (χ2v) is 6.72. The van der Waals surface area contributed by atoms with Crippen LogP contribution in [0.1, 0.15) is 41.6 Å². The molecular formula is C23H26N4O2. The van der Waals surface area contributed by atoms with E-state index in [-0.39, 0.29) is 5.91 Å². The summed E-state index contributed by atoms with van der Waals surface area (Å²) in [5.41, 5.74) is 2.12. The Hall–Kier alpha value is -3.41. The standard InChI is InChI=1S/C23H26N4O2/c1-3-4-14-24-22-15-21(25-17(2)26-22)23(28)27-19-10-12-20(13-11-19)29-16-18-8-6-5-7-9-18/h5-13,15H,3-4,14,16H2,1-2H3,(H,27,28)(H,24,25,26). The molecule has 0 atom stereocenters. The van der Waals surface area contributed by atoms with Gasteiger partial charge in [-0.3, -0.25) is 4.79 Å². The number of anilines is 2. The lowest BCUT2D eigenvalue weighted by Crippen LogP contribution is -2.16. The Morgan fingerprint density at radius 1 is 1.03 bits per heavy atom. The van der Waals surface area contributed by atoms with Crippen molar-refractivity contribution in [1.82, 2.24) is 9.97 Å². The van der Waals surface area contributed by atoms with Crippen molar-refractivity contribution in [3.8, 4) is 5.75 Å². The van der Waals surface area contributed by atoms with Gasteiger partial charge in [0.15, 0.2) is 0 Å². The van der Waals surface area contributed by atoms with Crippen LogP contribution in [0.25, 0.3) is 0 Å². The zero-order chi connectivity index (χ0) is 20.5. The van der Waals surface area contributed by atoms with Crippen LogP contribution in [-0.4, -0.2) is 22.4 Å². The zero-order valence-electron chi connectivity index (χ0n) is 16.8. The maximum Gasteiger partial charge on any atom is 0.274 e. The van der Waals surface area contributed by atoms with Gasteiger partial charge < -0.3 is 15.4 Å². The van der Waals surface area contributed by atoms with Crippen LogP contribution in [-0.2, 0) is 6.61 Å². The molecule has 2 N–H and O–H groups in total. The lowest BCUT2D eigenvalue weighted by atomic mass is 10.2. The molecule has 150 valence electrons. The van der Waals surface area contributed by atoms with Crippen molar-refractivity contribution in [2.24, 2.45) is 0 Å². The third-order valence-electron chi connectivity index (χ3n) is 4.27. The number of nitrogens with one attached hydrogen (secondary N) is 2. The van der Waals surface area contributed by atoms with E-state index in [9.17, 15) is 4.79 Å². The molecule has 0 spiro atoms. The fourth-order valence-corrected chi connectivity index (χ4v) is 2.74. The highest BCUT2D eigenvalue weighted by Gasteiger charge is 2.11. The Kier molecular flexibility index (Phi) is 7.16. The van der Waals surface area contributed by atoms with E-state index in [0.29, 0.717) is 29.6 Å². The molecule has 1 aromatic heterocycles. The zero-order valence-corrected chi connectivity index (χ0v) is 16.8. The summed E-state index contributed by atoms with van der Waals surface area (Å²) in [5.74, 6) is 1.70. The SMILES string of the molecule is CCCCNc1cc(C(=O)Nc2ccc(OCc3ccccc3)cc2)nc(C)n1. The topological polar surface area (TPSA) is 76.1 Å². The third-order valence-corrected chi connectivity index (χ3v) is 4.27. The number of aryl methyl sites for hydroxylation is 1. The van der Waals surface area contributed by atoms with Crippen LogP contribution in [0.5, 0.6) is 5.75 Å². The van der Waals surface area contributed by atoms with E-state index >= 15 is 0 Å². The maximum absolute atomic E-state index is 12.6. The van der Waals surface area contributed by atoms with Crippen LogP contribution in [0.15, 0.2) is 60.7 Å². The van der Waals surface area contributed by atoms with Gasteiger partial charge in [-0.25, -0.2) is 9.97 Å². The molecule has 0 aliphatic heterocycles. The number of rotatable bonds is 9. The lowest BCUT2D eigenvalue weighted by Gasteiger charge is -2.10. The first-order valence-corrected chi connectivity index (χ1v) is 9.81. The normalized spacial score (nSPS) is 10.4. The Labute approximate surface area is 171 Å². The highest BCUT2D eigenvalue weighted by atomic mass is 16.5. The van der Waals surface area contributed by atoms with Gasteiger partial charge in [-0.15, -0.1) is 0 Å². The van der Waals surface area contributed by atoms with Crippen LogP contribution in [0.4, 0.5) is 11.5 Å². The highest BCUT2D eigenvalue weighted by molar-refractivity contribution is 6.03. The molecule has 0 saturated heterocycles. The molecular weight excluding hydrogens is 364 g/mol. The van der Waals surface area contributed by atoms with E-state index in [2.05, 4.69) is 27.5 Å². The van der Waals surface area contributed by atoms with E-state index < -0.39 is 0 Å². The van der Waals surface area contributed by atoms with Gasteiger partial charge in [0.05, 0.1) is 0 Å². The number of unbranched alkanes of at least 4 members (excludes halogenated alkanes) is 1. The van der Waals surface area contributed by atoms with E-state index in [1.807, 2.05) is 54.6 Å². The lowest BCUT2D eigenvalue weighted by molar-refractivity contribution is 0.102. The maximum atomic E-state index is 12.6. The predicted octanol–water partition coefficient (Wildman–Crippen LogP) is 4.83. The molecule has 6 heteroatoms. The van der Waals surface area contributed by atoms with Gasteiger partial charge in [-0.1, -0.05) is 43.7 Å². The number of benzene rings is 2. The summed E-state index contributed by atoms with van der Waals surface area (Å²) in [6.45, 7) is 5.23. The van der Waals surface area contributed by atoms with Crippen molar-refractivity contribution in [2.75, 3.05) is 17.2 Å². The summed E-state index contributed by atoms with van der Waals surface area (Å²) >= 11 is 0. The Balaban J connectivity index is 1.58. The highest BCUT2D eigenvalue weighted by Crippen LogP contribution is 2.18. The molecule has 3 aromatic rings. The van der Waals surface area contributed by atoms with Crippen molar-refractivity contribution in [3.63, 3.8) is 0 Å². The van der Waals surface area contributed by atoms with Gasteiger partial charge in [0.25, 0.3) is 5.91 Å². The summed E-state index contributed by atoms with van der Waals surface area (Å²) < 4.78 is 5.77. The fourth-order valence-electron chi connectivity index (χ4n) is 2.74. The minimum Gasteiger partial charge on any atom is -0.489 e. The molecule has 0 fully saturated rings. The summed E-state index contributed by atoms with van der Waals surface area (Å²) in [7, 11) is 0. The minimum absolute atomic E-state index is 0.271. The van der Waals surface area contributed by atoms with E-state index in [4.69, 9.17) is 4.74 Å². The molecule has 0 radical (unpaired) electrons. The molecule has 2 aromatic carbocycles. The van der Waals surface area contributed by atoms with E-state index in [1.54, 1.807) is 13.0 Å². The number of nitrogens with zero attached hydrogens (tertiary/aromatic N) is 2. The molecule has 0 bridgehead atoms. The molecule has 29 heavy (non-hydrogen) atoms. The summed E-state index contributed by atoms with van der Waals surface area (Å²) in [4.78, 5) is 21.2. The average Bonchev–Trinajstić information content (AvgIpc) is 2.74. The van der Waals surface area contributed by atoms with Gasteiger partial charge in [0.2, 0.25) is 0 Å². The van der Waals surface area contributed by atoms with Crippen molar-refractivity contribution in [2.45, 2.75) is 33.3 Å². The van der Waals surface area contributed by atoms with Crippen LogP contribution in [0.3, 0.4) is 0 Å². The first kappa shape index (κ1) is 20.3. The van der Waals surface area contributed by atoms with Gasteiger partial charge in [-0.2, -0.15) is 0 Å². The smallest absolute Gasteiger partial charge is 0.274 e. The van der Waals surface area contributed by atoms with E-state index in [0.717, 1.165) is 30.7 Å². The van der Waals surface area contributed by atoms with Crippen LogP contribution in [0.2, 0.25) is 0 Å². The Bertz CT molecular complexity index is 927. The molecule has 6 nitrogen and oxygen atoms in total. The molecule has 1 heterocycles. The van der Waals surface area contributed by atoms with Gasteiger partial charge in [0.1, 0.15) is 29.7 Å². The number of hydrogen-bond donors (Lipinski definition) is 2. The average molecular weight is 390 g/mol. The molecule has 0 saturated carbocycles. The molecule has 0 unspecified atom stereocenters. The first-order valence-electron chi connectivity index (χ1n) is 9.81. The molecule has 0 aliphatic rings. The summed E-state index contributed by atoms with van der Waals surface area (Å²) in [6.07, 6.45) is 2.14. The molecule has 3 rings (SSSR count). The second kappa shape index (κ2) is 10.2. The summed E-state index contributed by atoms with van der Waals surface area (Å²) in [6, 6.07) is 18.9. The van der Waals surface area contributed by atoms with E-state index in [1.165, 1.54) is 0 Å². The van der Waals surface area contributed by atoms with Gasteiger partial charge in [0, 0.05) is 18.3 Å². The Morgan fingerprint density at radius 2 is 1.79 bits per heavy atom. The number of ether oxygens (including phenoxy) is 1. The number of carbonyl (C=O) groups is 1. The van der Waals surface area contributed by atoms with Crippen molar-refractivity contribution in [3.05, 3.63) is 77.7 Å². The first-order chi connectivity index (χ1) is 14.1. The quantitative estimate of drug-likeness (QED) is 0.512. The third kappa shape index (κ3) is 6.31. The monoisotopic (exact) mass is 390 g/mol. The molecule has 0 aliphatic carbocycles. The summed E-state index contributed by atoms with van der Waals surface area (Å²) in [5, 5.41) is 6.10. The fraction of sp³-hybridized carbons (Fsp3) is 0.261. The van der Waals surface area contributed by atoms with Gasteiger partial charge >= 0.3 is 0 Å². The number of carbonyl (C=O) groups excluding carboxylic acids is 1. The van der Waals surface area contributed by atoms with Crippen LogP contribution >= 0.6 is 0 Å². The van der Waals surface area contributed by atoms with Crippen LogP contribution < -0.4 is 15.4 Å². The Morgan fingerprint density at radius 3 is 2.52 bits per heavy atom. The van der Waals surface area contributed by atoms with Crippen molar-refractivity contribution in [1.29, 1.82) is 0 Å². The van der Waals surface area contributed by atoms with Crippen molar-refractivity contribution < 1.29 is 9.53 Å². The van der Waals surface area contributed by atoms with Crippen LogP contribution in [0, 0.1) is 6.92 Å². The number of hydrogen-bond acceptors (Lipinski definition) is 5. The number of amides is 1. The largest absolute Gasteiger partial charge is 0.489 e.